The standard InChI is InChI=1S/C21H28N2O3.ClH/c1-16-10-12-23(13-11-16)19(20-9-8-17(2)26-20)14-22-21(24)15-25-18-6-4-3-5-7-18;/h3-9,16,19H,10-15H2,1-2H3,(H,22,24);1H. The Labute approximate surface area is 167 Å². The molecule has 1 amide bonds. The molecular formula is C21H29ClN2O3. The van der Waals surface area contributed by atoms with Crippen LogP contribution in [0.15, 0.2) is 46.9 Å². The number of rotatable bonds is 7. The topological polar surface area (TPSA) is 54.7 Å². The summed E-state index contributed by atoms with van der Waals surface area (Å²) in [6.07, 6.45) is 2.36. The minimum atomic E-state index is -0.118. The van der Waals surface area contributed by atoms with Crippen LogP contribution in [0, 0.1) is 12.8 Å². The summed E-state index contributed by atoms with van der Waals surface area (Å²) in [6.45, 7) is 6.85. The number of carbonyl (C=O) groups is 1. The van der Waals surface area contributed by atoms with Gasteiger partial charge in [0.25, 0.3) is 5.91 Å². The molecule has 0 aliphatic carbocycles. The second-order valence-corrected chi connectivity index (χ2v) is 7.09. The summed E-state index contributed by atoms with van der Waals surface area (Å²) < 4.78 is 11.4. The molecule has 1 fully saturated rings. The summed E-state index contributed by atoms with van der Waals surface area (Å²) in [5.41, 5.74) is 0. The second kappa shape index (κ2) is 10.4. The molecule has 2 aromatic rings. The van der Waals surface area contributed by atoms with Gasteiger partial charge in [-0.05, 0) is 63.0 Å². The Morgan fingerprint density at radius 3 is 2.56 bits per heavy atom. The molecule has 1 aromatic carbocycles. The number of piperidine rings is 1. The number of nitrogens with one attached hydrogen (secondary N) is 1. The maximum absolute atomic E-state index is 12.2. The summed E-state index contributed by atoms with van der Waals surface area (Å²) in [5, 5.41) is 3.00. The van der Waals surface area contributed by atoms with Crippen molar-refractivity contribution >= 4 is 18.3 Å². The third-order valence-corrected chi connectivity index (χ3v) is 4.95. The van der Waals surface area contributed by atoms with Crippen molar-refractivity contribution in [2.24, 2.45) is 5.92 Å². The van der Waals surface area contributed by atoms with Crippen molar-refractivity contribution in [2.75, 3.05) is 26.2 Å². The number of hydrogen-bond donors (Lipinski definition) is 1. The lowest BCUT2D eigenvalue weighted by atomic mass is 9.97. The highest BCUT2D eigenvalue weighted by Gasteiger charge is 2.27. The molecule has 0 spiro atoms. The lowest BCUT2D eigenvalue weighted by molar-refractivity contribution is -0.123. The molecule has 1 unspecified atom stereocenters. The van der Waals surface area contributed by atoms with Crippen molar-refractivity contribution in [3.05, 3.63) is 54.0 Å². The first-order chi connectivity index (χ1) is 12.6. The molecule has 1 saturated heterocycles. The molecule has 6 heteroatoms. The molecule has 2 heterocycles. The smallest absolute Gasteiger partial charge is 0.258 e. The number of nitrogens with zero attached hydrogens (tertiary/aromatic N) is 1. The molecule has 5 nitrogen and oxygen atoms in total. The Morgan fingerprint density at radius 2 is 1.93 bits per heavy atom. The van der Waals surface area contributed by atoms with Gasteiger partial charge < -0.3 is 14.5 Å². The third kappa shape index (κ3) is 6.29. The van der Waals surface area contributed by atoms with Crippen molar-refractivity contribution in [3.8, 4) is 5.75 Å². The number of amides is 1. The molecular weight excluding hydrogens is 364 g/mol. The quantitative estimate of drug-likeness (QED) is 0.774. The molecule has 0 radical (unpaired) electrons. The fraction of sp³-hybridized carbons (Fsp3) is 0.476. The largest absolute Gasteiger partial charge is 0.484 e. The highest BCUT2D eigenvalue weighted by molar-refractivity contribution is 5.85. The number of benzene rings is 1. The number of ether oxygens (including phenoxy) is 1. The zero-order valence-electron chi connectivity index (χ0n) is 16.0. The van der Waals surface area contributed by atoms with E-state index >= 15 is 0 Å². The van der Waals surface area contributed by atoms with Crippen LogP contribution in [0.2, 0.25) is 0 Å². The van der Waals surface area contributed by atoms with Gasteiger partial charge in [0.15, 0.2) is 6.61 Å². The minimum absolute atomic E-state index is 0. The van der Waals surface area contributed by atoms with Gasteiger partial charge in [0.05, 0.1) is 6.04 Å². The van der Waals surface area contributed by atoms with Gasteiger partial charge in [-0.3, -0.25) is 9.69 Å². The first kappa shape index (κ1) is 21.3. The van der Waals surface area contributed by atoms with Gasteiger partial charge in [-0.25, -0.2) is 0 Å². The Hall–Kier alpha value is -1.98. The van der Waals surface area contributed by atoms with Crippen LogP contribution in [-0.4, -0.2) is 37.0 Å². The van der Waals surface area contributed by atoms with E-state index in [2.05, 4.69) is 17.1 Å². The van der Waals surface area contributed by atoms with E-state index < -0.39 is 0 Å². The number of furan rings is 1. The van der Waals surface area contributed by atoms with Gasteiger partial charge >= 0.3 is 0 Å². The molecule has 1 aliphatic rings. The lowest BCUT2D eigenvalue weighted by Crippen LogP contribution is -2.42. The number of halogens is 1. The van der Waals surface area contributed by atoms with E-state index in [9.17, 15) is 4.79 Å². The lowest BCUT2D eigenvalue weighted by Gasteiger charge is -2.35. The first-order valence-corrected chi connectivity index (χ1v) is 9.37. The van der Waals surface area contributed by atoms with Crippen LogP contribution in [0.3, 0.4) is 0 Å². The molecule has 1 atom stereocenters. The number of para-hydroxylation sites is 1. The van der Waals surface area contributed by atoms with Gasteiger partial charge in [-0.15, -0.1) is 12.4 Å². The van der Waals surface area contributed by atoms with Crippen LogP contribution in [0.4, 0.5) is 0 Å². The summed E-state index contributed by atoms with van der Waals surface area (Å²) >= 11 is 0. The predicted molar refractivity (Wildman–Crippen MR) is 108 cm³/mol. The van der Waals surface area contributed by atoms with E-state index in [0.29, 0.717) is 12.3 Å². The minimum Gasteiger partial charge on any atom is -0.484 e. The summed E-state index contributed by atoms with van der Waals surface area (Å²) in [5.74, 6) is 3.16. The van der Waals surface area contributed by atoms with E-state index in [1.165, 1.54) is 12.8 Å². The summed E-state index contributed by atoms with van der Waals surface area (Å²) in [7, 11) is 0. The molecule has 27 heavy (non-hydrogen) atoms. The van der Waals surface area contributed by atoms with Crippen molar-refractivity contribution in [1.29, 1.82) is 0 Å². The van der Waals surface area contributed by atoms with Crippen LogP contribution in [0.25, 0.3) is 0 Å². The SMILES string of the molecule is Cc1ccc(C(CNC(=O)COc2ccccc2)N2CCC(C)CC2)o1.Cl. The number of carbonyl (C=O) groups excluding carboxylic acids is 1. The van der Waals surface area contributed by atoms with Crippen LogP contribution in [0.5, 0.6) is 5.75 Å². The monoisotopic (exact) mass is 392 g/mol. The average Bonchev–Trinajstić information content (AvgIpc) is 3.08. The van der Waals surface area contributed by atoms with E-state index in [1.54, 1.807) is 0 Å². The van der Waals surface area contributed by atoms with Crippen LogP contribution in [-0.2, 0) is 4.79 Å². The van der Waals surface area contributed by atoms with Crippen molar-refractivity contribution in [2.45, 2.75) is 32.7 Å². The molecule has 0 saturated carbocycles. The van der Waals surface area contributed by atoms with Gasteiger partial charge in [0, 0.05) is 6.54 Å². The highest BCUT2D eigenvalue weighted by atomic mass is 35.5. The summed E-state index contributed by atoms with van der Waals surface area (Å²) in [4.78, 5) is 14.6. The highest BCUT2D eigenvalue weighted by Crippen LogP contribution is 2.27. The first-order valence-electron chi connectivity index (χ1n) is 9.37. The number of hydrogen-bond acceptors (Lipinski definition) is 4. The average molecular weight is 393 g/mol. The molecule has 3 rings (SSSR count). The van der Waals surface area contributed by atoms with Crippen molar-refractivity contribution in [3.63, 3.8) is 0 Å². The molecule has 1 aliphatic heterocycles. The third-order valence-electron chi connectivity index (χ3n) is 4.95. The maximum Gasteiger partial charge on any atom is 0.258 e. The Kier molecular flexibility index (Phi) is 8.20. The van der Waals surface area contributed by atoms with Gasteiger partial charge in [-0.2, -0.15) is 0 Å². The molecule has 1 aromatic heterocycles. The van der Waals surface area contributed by atoms with Gasteiger partial charge in [0.1, 0.15) is 17.3 Å². The zero-order chi connectivity index (χ0) is 18.4. The van der Waals surface area contributed by atoms with E-state index in [-0.39, 0.29) is 31.0 Å². The Balaban J connectivity index is 0.00000261. The zero-order valence-corrected chi connectivity index (χ0v) is 16.8. The van der Waals surface area contributed by atoms with Gasteiger partial charge in [0.2, 0.25) is 0 Å². The molecule has 0 bridgehead atoms. The van der Waals surface area contributed by atoms with E-state index in [4.69, 9.17) is 9.15 Å². The molecule has 148 valence electrons. The van der Waals surface area contributed by atoms with Crippen molar-refractivity contribution < 1.29 is 13.9 Å². The summed E-state index contributed by atoms with van der Waals surface area (Å²) in [6, 6.07) is 13.5. The second-order valence-electron chi connectivity index (χ2n) is 7.09. The van der Waals surface area contributed by atoms with Crippen molar-refractivity contribution in [1.82, 2.24) is 10.2 Å². The van der Waals surface area contributed by atoms with E-state index in [1.807, 2.05) is 49.4 Å². The van der Waals surface area contributed by atoms with Crippen LogP contribution >= 0.6 is 12.4 Å². The van der Waals surface area contributed by atoms with E-state index in [0.717, 1.165) is 30.5 Å². The van der Waals surface area contributed by atoms with Crippen LogP contribution in [0.1, 0.15) is 37.3 Å². The maximum atomic E-state index is 12.2. The Morgan fingerprint density at radius 1 is 1.22 bits per heavy atom. The fourth-order valence-corrected chi connectivity index (χ4v) is 3.31. The normalized spacial score (nSPS) is 16.4. The molecule has 1 N–H and O–H groups in total. The predicted octanol–water partition coefficient (Wildman–Crippen LogP) is 3.98. The number of aryl methyl sites for hydroxylation is 1. The van der Waals surface area contributed by atoms with Crippen LogP contribution < -0.4 is 10.1 Å². The Bertz CT molecular complexity index is 696. The fourth-order valence-electron chi connectivity index (χ4n) is 3.31. The number of likely N-dealkylation sites (tertiary alicyclic amines) is 1. The van der Waals surface area contributed by atoms with Gasteiger partial charge in [-0.1, -0.05) is 25.1 Å².